The summed E-state index contributed by atoms with van der Waals surface area (Å²) in [7, 11) is 1.49. The van der Waals surface area contributed by atoms with Gasteiger partial charge in [-0.25, -0.2) is 0 Å². The molecule has 0 aliphatic carbocycles. The molecule has 0 amide bonds. The molecule has 1 aromatic heterocycles. The molecule has 0 saturated heterocycles. The van der Waals surface area contributed by atoms with Crippen molar-refractivity contribution in [1.82, 2.24) is 4.98 Å². The molecule has 1 heterocycles. The summed E-state index contributed by atoms with van der Waals surface area (Å²) < 4.78 is 10.2. The van der Waals surface area contributed by atoms with Crippen molar-refractivity contribution in [2.24, 2.45) is 0 Å². The van der Waals surface area contributed by atoms with Gasteiger partial charge in [-0.1, -0.05) is 11.6 Å². The van der Waals surface area contributed by atoms with Crippen molar-refractivity contribution < 1.29 is 14.3 Å². The summed E-state index contributed by atoms with van der Waals surface area (Å²) in [5.74, 6) is 2.68. The van der Waals surface area contributed by atoms with Crippen LogP contribution < -0.4 is 4.74 Å². The minimum atomic E-state index is -0.277. The number of esters is 1. The summed E-state index contributed by atoms with van der Waals surface area (Å²) in [5, 5.41) is 0.442. The third-order valence-electron chi connectivity index (χ3n) is 2.46. The molecule has 19 heavy (non-hydrogen) atoms. The second kappa shape index (κ2) is 8.39. The van der Waals surface area contributed by atoms with E-state index in [2.05, 4.69) is 10.9 Å². The first-order valence-electron chi connectivity index (χ1n) is 5.95. The van der Waals surface area contributed by atoms with E-state index in [1.807, 2.05) is 0 Å². The summed E-state index contributed by atoms with van der Waals surface area (Å²) in [6, 6.07) is 1.62. The van der Waals surface area contributed by atoms with E-state index < -0.39 is 0 Å². The Morgan fingerprint density at radius 1 is 1.53 bits per heavy atom. The van der Waals surface area contributed by atoms with Crippen LogP contribution in [0.5, 0.6) is 5.75 Å². The highest BCUT2D eigenvalue weighted by molar-refractivity contribution is 6.32. The third kappa shape index (κ3) is 5.19. The van der Waals surface area contributed by atoms with Crippen molar-refractivity contribution >= 4 is 17.6 Å². The first kappa shape index (κ1) is 15.3. The first-order valence-corrected chi connectivity index (χ1v) is 6.33. The zero-order chi connectivity index (χ0) is 14.1. The van der Waals surface area contributed by atoms with Crippen molar-refractivity contribution in [3.05, 3.63) is 23.0 Å². The van der Waals surface area contributed by atoms with Gasteiger partial charge in [0.2, 0.25) is 0 Å². The lowest BCUT2D eigenvalue weighted by Gasteiger charge is -2.09. The molecule has 0 spiro atoms. The van der Waals surface area contributed by atoms with Crippen molar-refractivity contribution in [1.29, 1.82) is 0 Å². The Bertz CT molecular complexity index is 468. The highest BCUT2D eigenvalue weighted by atomic mass is 35.5. The Kier molecular flexibility index (Phi) is 6.76. The smallest absolute Gasteiger partial charge is 0.306 e. The van der Waals surface area contributed by atoms with Gasteiger partial charge in [0, 0.05) is 19.0 Å². The topological polar surface area (TPSA) is 48.4 Å². The highest BCUT2D eigenvalue weighted by Gasteiger charge is 2.11. The largest absolute Gasteiger partial charge is 0.493 e. The summed E-state index contributed by atoms with van der Waals surface area (Å²) in [6.07, 6.45) is 9.25. The van der Waals surface area contributed by atoms with E-state index in [0.717, 1.165) is 12.8 Å². The maximum atomic E-state index is 11.5. The zero-order valence-electron chi connectivity index (χ0n) is 10.8. The predicted octanol–water partition coefficient (Wildman–Crippen LogP) is 2.98. The van der Waals surface area contributed by atoms with Crippen molar-refractivity contribution in [3.63, 3.8) is 0 Å². The number of methoxy groups -OCH3 is 1. The van der Waals surface area contributed by atoms with Crippen LogP contribution in [0.4, 0.5) is 0 Å². The molecular weight excluding hydrogens is 266 g/mol. The molecule has 102 valence electrons. The fourth-order valence-electron chi connectivity index (χ4n) is 1.50. The molecule has 5 heteroatoms. The summed E-state index contributed by atoms with van der Waals surface area (Å²) in [6.45, 7) is 0.0533. The van der Waals surface area contributed by atoms with Crippen LogP contribution in [0.15, 0.2) is 12.3 Å². The van der Waals surface area contributed by atoms with Gasteiger partial charge >= 0.3 is 5.97 Å². The number of terminal acetylenes is 1. The number of pyridine rings is 1. The molecule has 1 aromatic rings. The van der Waals surface area contributed by atoms with Crippen LogP contribution in [0.2, 0.25) is 5.02 Å². The molecule has 0 fully saturated rings. The number of hydrogen-bond donors (Lipinski definition) is 0. The van der Waals surface area contributed by atoms with Gasteiger partial charge in [0.15, 0.2) is 5.75 Å². The molecular formula is C14H16ClNO3. The summed E-state index contributed by atoms with van der Waals surface area (Å²) in [4.78, 5) is 15.6. The van der Waals surface area contributed by atoms with E-state index in [9.17, 15) is 4.79 Å². The zero-order valence-corrected chi connectivity index (χ0v) is 11.6. The van der Waals surface area contributed by atoms with Gasteiger partial charge in [-0.3, -0.25) is 9.78 Å². The molecule has 0 aromatic carbocycles. The molecule has 1 rings (SSSR count). The number of rotatable bonds is 7. The van der Waals surface area contributed by atoms with Gasteiger partial charge in [-0.05, 0) is 18.9 Å². The van der Waals surface area contributed by atoms with Gasteiger partial charge in [-0.15, -0.1) is 12.3 Å². The van der Waals surface area contributed by atoms with Crippen molar-refractivity contribution in [3.8, 4) is 18.1 Å². The number of nitrogens with zero attached hydrogens (tertiary/aromatic N) is 1. The number of unbranched alkanes of at least 4 members (excludes halogenated alkanes) is 2. The van der Waals surface area contributed by atoms with Gasteiger partial charge in [0.05, 0.1) is 12.1 Å². The number of aromatic nitrogens is 1. The molecule has 0 N–H and O–H groups in total. The Hall–Kier alpha value is -1.73. The molecule has 0 saturated carbocycles. The normalized spacial score (nSPS) is 9.74. The number of halogens is 1. The SMILES string of the molecule is C#CCCCCC(=O)OCc1nccc(Cl)c1OC. The fraction of sp³-hybridized carbons (Fsp3) is 0.429. The Morgan fingerprint density at radius 2 is 2.32 bits per heavy atom. The van der Waals surface area contributed by atoms with E-state index in [-0.39, 0.29) is 12.6 Å². The van der Waals surface area contributed by atoms with Gasteiger partial charge < -0.3 is 9.47 Å². The van der Waals surface area contributed by atoms with Crippen molar-refractivity contribution in [2.45, 2.75) is 32.3 Å². The number of ether oxygens (including phenoxy) is 2. The number of carbonyl (C=O) groups excluding carboxylic acids is 1. The molecule has 0 bridgehead atoms. The molecule has 0 radical (unpaired) electrons. The van der Waals surface area contributed by atoms with Crippen molar-refractivity contribution in [2.75, 3.05) is 7.11 Å². The lowest BCUT2D eigenvalue weighted by Crippen LogP contribution is -2.06. The Labute approximate surface area is 118 Å². The van der Waals surface area contributed by atoms with E-state index in [4.69, 9.17) is 27.5 Å². The molecule has 4 nitrogen and oxygen atoms in total. The van der Waals surface area contributed by atoms with Crippen LogP contribution in [-0.2, 0) is 16.1 Å². The van der Waals surface area contributed by atoms with Crippen LogP contribution in [0.3, 0.4) is 0 Å². The third-order valence-corrected chi connectivity index (χ3v) is 2.75. The Morgan fingerprint density at radius 3 is 3.00 bits per heavy atom. The first-order chi connectivity index (χ1) is 9.19. The Balaban J connectivity index is 2.42. The summed E-state index contributed by atoms with van der Waals surface area (Å²) in [5.41, 5.74) is 0.506. The average molecular weight is 282 g/mol. The fourth-order valence-corrected chi connectivity index (χ4v) is 1.74. The van der Waals surface area contributed by atoms with E-state index >= 15 is 0 Å². The second-order valence-corrected chi connectivity index (χ2v) is 4.25. The average Bonchev–Trinajstić information content (AvgIpc) is 2.41. The van der Waals surface area contributed by atoms with E-state index in [0.29, 0.717) is 29.3 Å². The summed E-state index contributed by atoms with van der Waals surface area (Å²) >= 11 is 5.94. The lowest BCUT2D eigenvalue weighted by atomic mass is 10.2. The molecule has 0 aliphatic rings. The number of hydrogen-bond acceptors (Lipinski definition) is 4. The number of carbonyl (C=O) groups is 1. The van der Waals surface area contributed by atoms with E-state index in [1.54, 1.807) is 12.3 Å². The predicted molar refractivity (Wildman–Crippen MR) is 72.9 cm³/mol. The van der Waals surface area contributed by atoms with Gasteiger partial charge in [0.25, 0.3) is 0 Å². The van der Waals surface area contributed by atoms with Crippen LogP contribution in [0.25, 0.3) is 0 Å². The van der Waals surface area contributed by atoms with Crippen LogP contribution in [-0.4, -0.2) is 18.1 Å². The standard InChI is InChI=1S/C14H16ClNO3/c1-3-4-5-6-7-13(17)19-10-12-14(18-2)11(15)8-9-16-12/h1,8-9H,4-7,10H2,2H3. The van der Waals surface area contributed by atoms with Crippen LogP contribution >= 0.6 is 11.6 Å². The van der Waals surface area contributed by atoms with Crippen LogP contribution in [0.1, 0.15) is 31.4 Å². The minimum absolute atomic E-state index is 0.0533. The molecule has 0 aliphatic heterocycles. The quantitative estimate of drug-likeness (QED) is 0.438. The lowest BCUT2D eigenvalue weighted by molar-refractivity contribution is -0.145. The maximum Gasteiger partial charge on any atom is 0.306 e. The minimum Gasteiger partial charge on any atom is -0.493 e. The highest BCUT2D eigenvalue weighted by Crippen LogP contribution is 2.26. The van der Waals surface area contributed by atoms with Gasteiger partial charge in [-0.2, -0.15) is 0 Å². The monoisotopic (exact) mass is 281 g/mol. The molecule has 0 unspecified atom stereocenters. The van der Waals surface area contributed by atoms with Gasteiger partial charge in [0.1, 0.15) is 12.3 Å². The maximum absolute atomic E-state index is 11.5. The second-order valence-electron chi connectivity index (χ2n) is 3.84. The van der Waals surface area contributed by atoms with E-state index in [1.165, 1.54) is 7.11 Å². The molecule has 0 atom stereocenters. The van der Waals surface area contributed by atoms with Crippen LogP contribution in [0, 0.1) is 12.3 Å².